The second kappa shape index (κ2) is 7.77. The van der Waals surface area contributed by atoms with E-state index in [9.17, 15) is 9.59 Å². The molecular formula is C19H21N3O4. The Balaban J connectivity index is 1.72. The predicted molar refractivity (Wildman–Crippen MR) is 99.6 cm³/mol. The van der Waals surface area contributed by atoms with Crippen molar-refractivity contribution >= 4 is 28.9 Å². The molecular weight excluding hydrogens is 334 g/mol. The quantitative estimate of drug-likeness (QED) is 0.631. The standard InChI is InChI=1S/C19H21N3O4/c1-2-25-19(24)14-5-3-4-6-15(14)21-18(23)12-22-9-10-26-17-11-13(20)7-8-16(17)22/h3-8,11H,2,9-10,12,20H2,1H3,(H,21,23). The molecule has 1 aliphatic rings. The van der Waals surface area contributed by atoms with Gasteiger partial charge in [-0.3, -0.25) is 4.79 Å². The lowest BCUT2D eigenvalue weighted by Crippen LogP contribution is -2.39. The van der Waals surface area contributed by atoms with Crippen molar-refractivity contribution in [2.75, 3.05) is 42.3 Å². The number of nitrogens with zero attached hydrogens (tertiary/aromatic N) is 1. The van der Waals surface area contributed by atoms with Crippen molar-refractivity contribution in [3.05, 3.63) is 48.0 Å². The fourth-order valence-corrected chi connectivity index (χ4v) is 2.80. The number of carbonyl (C=O) groups is 2. The van der Waals surface area contributed by atoms with E-state index < -0.39 is 5.97 Å². The van der Waals surface area contributed by atoms with Gasteiger partial charge in [0.05, 0.1) is 36.6 Å². The lowest BCUT2D eigenvalue weighted by molar-refractivity contribution is -0.115. The molecule has 2 aromatic carbocycles. The Bertz CT molecular complexity index is 822. The number of rotatable bonds is 5. The maximum absolute atomic E-state index is 12.5. The van der Waals surface area contributed by atoms with Gasteiger partial charge in [0.25, 0.3) is 0 Å². The van der Waals surface area contributed by atoms with E-state index in [1.165, 1.54) is 0 Å². The molecule has 0 radical (unpaired) electrons. The van der Waals surface area contributed by atoms with Crippen molar-refractivity contribution < 1.29 is 19.1 Å². The molecule has 7 heteroatoms. The molecule has 136 valence electrons. The number of hydrogen-bond acceptors (Lipinski definition) is 6. The van der Waals surface area contributed by atoms with Crippen LogP contribution in [0.4, 0.5) is 17.1 Å². The molecule has 0 fully saturated rings. The number of nitrogen functional groups attached to an aromatic ring is 1. The number of carbonyl (C=O) groups excluding carboxylic acids is 2. The molecule has 3 rings (SSSR count). The molecule has 3 N–H and O–H groups in total. The lowest BCUT2D eigenvalue weighted by atomic mass is 10.1. The SMILES string of the molecule is CCOC(=O)c1ccccc1NC(=O)CN1CCOc2cc(N)ccc21. The normalized spacial score (nSPS) is 12.7. The third kappa shape index (κ3) is 3.88. The monoisotopic (exact) mass is 355 g/mol. The second-order valence-electron chi connectivity index (χ2n) is 5.81. The van der Waals surface area contributed by atoms with E-state index in [4.69, 9.17) is 15.2 Å². The molecule has 0 saturated heterocycles. The highest BCUT2D eigenvalue weighted by Crippen LogP contribution is 2.33. The summed E-state index contributed by atoms with van der Waals surface area (Å²) in [6.45, 7) is 3.21. The Morgan fingerprint density at radius 3 is 2.88 bits per heavy atom. The van der Waals surface area contributed by atoms with Gasteiger partial charge in [-0.25, -0.2) is 4.79 Å². The summed E-state index contributed by atoms with van der Waals surface area (Å²) in [7, 11) is 0. The molecule has 0 atom stereocenters. The highest BCUT2D eigenvalue weighted by molar-refractivity contribution is 6.02. The van der Waals surface area contributed by atoms with E-state index in [0.29, 0.717) is 35.8 Å². The molecule has 0 unspecified atom stereocenters. The van der Waals surface area contributed by atoms with Gasteiger partial charge in [-0.1, -0.05) is 12.1 Å². The van der Waals surface area contributed by atoms with E-state index in [1.54, 1.807) is 43.3 Å². The number of para-hydroxylation sites is 1. The van der Waals surface area contributed by atoms with E-state index in [-0.39, 0.29) is 19.1 Å². The van der Waals surface area contributed by atoms with Gasteiger partial charge in [-0.05, 0) is 31.2 Å². The first-order chi connectivity index (χ1) is 12.6. The number of fused-ring (bicyclic) bond motifs is 1. The number of nitrogens with one attached hydrogen (secondary N) is 1. The lowest BCUT2D eigenvalue weighted by Gasteiger charge is -2.30. The van der Waals surface area contributed by atoms with E-state index in [0.717, 1.165) is 5.69 Å². The molecule has 0 spiro atoms. The molecule has 0 bridgehead atoms. The molecule has 1 heterocycles. The summed E-state index contributed by atoms with van der Waals surface area (Å²) >= 11 is 0. The molecule has 26 heavy (non-hydrogen) atoms. The third-order valence-electron chi connectivity index (χ3n) is 3.97. The Morgan fingerprint density at radius 1 is 1.27 bits per heavy atom. The van der Waals surface area contributed by atoms with Gasteiger partial charge < -0.3 is 25.4 Å². The van der Waals surface area contributed by atoms with Gasteiger partial charge in [-0.2, -0.15) is 0 Å². The molecule has 2 aromatic rings. The molecule has 1 amide bonds. The van der Waals surface area contributed by atoms with Crippen LogP contribution in [-0.2, 0) is 9.53 Å². The Morgan fingerprint density at radius 2 is 2.08 bits per heavy atom. The van der Waals surface area contributed by atoms with E-state index in [2.05, 4.69) is 5.32 Å². The van der Waals surface area contributed by atoms with Crippen molar-refractivity contribution in [3.63, 3.8) is 0 Å². The fourth-order valence-electron chi connectivity index (χ4n) is 2.80. The molecule has 1 aliphatic heterocycles. The average Bonchev–Trinajstić information content (AvgIpc) is 2.62. The molecule has 0 saturated carbocycles. The minimum absolute atomic E-state index is 0.136. The Kier molecular flexibility index (Phi) is 5.26. The number of hydrogen-bond donors (Lipinski definition) is 2. The largest absolute Gasteiger partial charge is 0.489 e. The van der Waals surface area contributed by atoms with Crippen LogP contribution in [0.3, 0.4) is 0 Å². The van der Waals surface area contributed by atoms with Crippen LogP contribution < -0.4 is 20.7 Å². The number of amides is 1. The van der Waals surface area contributed by atoms with Crippen LogP contribution in [-0.4, -0.2) is 38.2 Å². The maximum atomic E-state index is 12.5. The first-order valence-corrected chi connectivity index (χ1v) is 8.41. The smallest absolute Gasteiger partial charge is 0.340 e. The summed E-state index contributed by atoms with van der Waals surface area (Å²) in [5.41, 5.74) is 7.97. The van der Waals surface area contributed by atoms with E-state index in [1.807, 2.05) is 11.0 Å². The first kappa shape index (κ1) is 17.6. The Labute approximate surface area is 151 Å². The van der Waals surface area contributed by atoms with Crippen molar-refractivity contribution in [3.8, 4) is 5.75 Å². The zero-order valence-electron chi connectivity index (χ0n) is 14.5. The molecule has 0 aromatic heterocycles. The van der Waals surface area contributed by atoms with Crippen molar-refractivity contribution in [1.82, 2.24) is 0 Å². The topological polar surface area (TPSA) is 93.9 Å². The van der Waals surface area contributed by atoms with Crippen molar-refractivity contribution in [2.45, 2.75) is 6.92 Å². The summed E-state index contributed by atoms with van der Waals surface area (Å²) in [5.74, 6) is -0.0296. The highest BCUT2D eigenvalue weighted by atomic mass is 16.5. The van der Waals surface area contributed by atoms with Crippen LogP contribution in [0.2, 0.25) is 0 Å². The van der Waals surface area contributed by atoms with E-state index >= 15 is 0 Å². The van der Waals surface area contributed by atoms with Crippen LogP contribution in [0.5, 0.6) is 5.75 Å². The van der Waals surface area contributed by atoms with Gasteiger partial charge in [0, 0.05) is 11.8 Å². The van der Waals surface area contributed by atoms with Crippen molar-refractivity contribution in [1.29, 1.82) is 0 Å². The zero-order valence-corrected chi connectivity index (χ0v) is 14.5. The van der Waals surface area contributed by atoms with Gasteiger partial charge in [0.15, 0.2) is 0 Å². The van der Waals surface area contributed by atoms with Gasteiger partial charge >= 0.3 is 5.97 Å². The summed E-state index contributed by atoms with van der Waals surface area (Å²) in [6, 6.07) is 12.1. The van der Waals surface area contributed by atoms with Crippen LogP contribution in [0, 0.1) is 0 Å². The third-order valence-corrected chi connectivity index (χ3v) is 3.97. The number of ether oxygens (including phenoxy) is 2. The van der Waals surface area contributed by atoms with Crippen molar-refractivity contribution in [2.24, 2.45) is 0 Å². The van der Waals surface area contributed by atoms with Crippen LogP contribution >= 0.6 is 0 Å². The first-order valence-electron chi connectivity index (χ1n) is 8.41. The number of esters is 1. The van der Waals surface area contributed by atoms with Crippen LogP contribution in [0.25, 0.3) is 0 Å². The summed E-state index contributed by atoms with van der Waals surface area (Å²) in [4.78, 5) is 26.5. The summed E-state index contributed by atoms with van der Waals surface area (Å²) in [5, 5.41) is 2.79. The fraction of sp³-hybridized carbons (Fsp3) is 0.263. The van der Waals surface area contributed by atoms with Gasteiger partial charge in [0.2, 0.25) is 5.91 Å². The minimum Gasteiger partial charge on any atom is -0.489 e. The van der Waals surface area contributed by atoms with Gasteiger partial charge in [0.1, 0.15) is 12.4 Å². The van der Waals surface area contributed by atoms with Crippen LogP contribution in [0.15, 0.2) is 42.5 Å². The average molecular weight is 355 g/mol. The van der Waals surface area contributed by atoms with Crippen LogP contribution in [0.1, 0.15) is 17.3 Å². The zero-order chi connectivity index (χ0) is 18.5. The summed E-state index contributed by atoms with van der Waals surface area (Å²) in [6.07, 6.45) is 0. The Hall–Kier alpha value is -3.22. The summed E-state index contributed by atoms with van der Waals surface area (Å²) < 4.78 is 10.6. The number of nitrogens with two attached hydrogens (primary N) is 1. The highest BCUT2D eigenvalue weighted by Gasteiger charge is 2.21. The van der Waals surface area contributed by atoms with Gasteiger partial charge in [-0.15, -0.1) is 0 Å². The molecule has 7 nitrogen and oxygen atoms in total. The maximum Gasteiger partial charge on any atom is 0.340 e. The second-order valence-corrected chi connectivity index (χ2v) is 5.81. The molecule has 0 aliphatic carbocycles. The minimum atomic E-state index is -0.462. The number of anilines is 3. The number of benzene rings is 2. The predicted octanol–water partition coefficient (Wildman–Crippen LogP) is 2.28.